The van der Waals surface area contributed by atoms with Crippen LogP contribution in [0.4, 0.5) is 5.82 Å². The van der Waals surface area contributed by atoms with Gasteiger partial charge in [-0.1, -0.05) is 0 Å². The van der Waals surface area contributed by atoms with Crippen LogP contribution >= 0.6 is 0 Å². The summed E-state index contributed by atoms with van der Waals surface area (Å²) < 4.78 is 10.7. The predicted molar refractivity (Wildman–Crippen MR) is 72.2 cm³/mol. The van der Waals surface area contributed by atoms with Gasteiger partial charge in [0.05, 0.1) is 6.61 Å². The Morgan fingerprint density at radius 2 is 2.32 bits per heavy atom. The lowest BCUT2D eigenvalue weighted by Crippen LogP contribution is -2.28. The zero-order valence-corrected chi connectivity index (χ0v) is 11.7. The summed E-state index contributed by atoms with van der Waals surface area (Å²) in [5, 5.41) is 0. The number of anilines is 1. The molecule has 3 rings (SSSR count). The molecule has 0 aliphatic carbocycles. The number of rotatable bonds is 3. The summed E-state index contributed by atoms with van der Waals surface area (Å²) in [6.45, 7) is 6.40. The van der Waals surface area contributed by atoms with Crippen LogP contribution in [0.5, 0.6) is 0 Å². The summed E-state index contributed by atoms with van der Waals surface area (Å²) in [4.78, 5) is 11.4. The Hall–Kier alpha value is -1.20. The Morgan fingerprint density at radius 1 is 1.42 bits per heavy atom. The zero-order valence-electron chi connectivity index (χ0n) is 11.7. The number of aryl methyl sites for hydroxylation is 1. The van der Waals surface area contributed by atoms with Gasteiger partial charge in [-0.05, 0) is 19.8 Å². The number of methoxy groups -OCH3 is 1. The minimum Gasteiger partial charge on any atom is -0.381 e. The van der Waals surface area contributed by atoms with Crippen molar-refractivity contribution < 1.29 is 9.47 Å². The van der Waals surface area contributed by atoms with E-state index in [0.29, 0.717) is 12.0 Å². The fourth-order valence-electron chi connectivity index (χ4n) is 3.07. The molecule has 2 aliphatic rings. The van der Waals surface area contributed by atoms with Crippen molar-refractivity contribution in [3.05, 3.63) is 17.6 Å². The van der Waals surface area contributed by atoms with Crippen LogP contribution in [0.25, 0.3) is 0 Å². The van der Waals surface area contributed by atoms with E-state index in [1.54, 1.807) is 7.11 Å². The van der Waals surface area contributed by atoms with Gasteiger partial charge in [-0.2, -0.15) is 0 Å². The number of hydrogen-bond donors (Lipinski definition) is 0. The van der Waals surface area contributed by atoms with Gasteiger partial charge in [0.2, 0.25) is 0 Å². The second-order valence-corrected chi connectivity index (χ2v) is 5.69. The van der Waals surface area contributed by atoms with Crippen LogP contribution in [0.1, 0.15) is 24.4 Å². The molecular weight excluding hydrogens is 242 g/mol. The molecule has 104 valence electrons. The lowest BCUT2D eigenvalue weighted by atomic mass is 9.87. The lowest BCUT2D eigenvalue weighted by Gasteiger charge is -2.23. The first-order valence-corrected chi connectivity index (χ1v) is 6.87. The van der Waals surface area contributed by atoms with Crippen molar-refractivity contribution in [2.24, 2.45) is 5.41 Å². The molecule has 0 aromatic carbocycles. The molecule has 2 saturated heterocycles. The number of hydrogen-bond acceptors (Lipinski definition) is 5. The Labute approximate surface area is 113 Å². The molecule has 1 spiro atoms. The molecule has 1 atom stereocenters. The van der Waals surface area contributed by atoms with Crippen LogP contribution in [0.3, 0.4) is 0 Å². The average Bonchev–Trinajstić information content (AvgIpc) is 3.00. The molecule has 0 unspecified atom stereocenters. The second kappa shape index (κ2) is 5.06. The third-order valence-electron chi connectivity index (χ3n) is 4.11. The normalized spacial score (nSPS) is 26.5. The SMILES string of the molecule is COCc1nc(C)cc(N2CC[C@@]3(CCOC3)C2)n1. The van der Waals surface area contributed by atoms with E-state index >= 15 is 0 Å². The minimum absolute atomic E-state index is 0.361. The Balaban J connectivity index is 1.79. The third kappa shape index (κ3) is 2.58. The topological polar surface area (TPSA) is 47.5 Å². The van der Waals surface area contributed by atoms with Crippen molar-refractivity contribution in [3.8, 4) is 0 Å². The highest BCUT2D eigenvalue weighted by Gasteiger charge is 2.41. The van der Waals surface area contributed by atoms with Crippen molar-refractivity contribution in [1.82, 2.24) is 9.97 Å². The molecule has 1 aromatic heterocycles. The molecular formula is C14H21N3O2. The van der Waals surface area contributed by atoms with Gasteiger partial charge >= 0.3 is 0 Å². The third-order valence-corrected chi connectivity index (χ3v) is 4.11. The molecule has 0 amide bonds. The van der Waals surface area contributed by atoms with E-state index in [4.69, 9.17) is 9.47 Å². The largest absolute Gasteiger partial charge is 0.381 e. The van der Waals surface area contributed by atoms with E-state index in [1.807, 2.05) is 6.92 Å². The van der Waals surface area contributed by atoms with Gasteiger partial charge in [0, 0.05) is 44.0 Å². The minimum atomic E-state index is 0.361. The van der Waals surface area contributed by atoms with Crippen LogP contribution < -0.4 is 4.90 Å². The first kappa shape index (κ1) is 12.8. The molecule has 5 heteroatoms. The summed E-state index contributed by atoms with van der Waals surface area (Å²) >= 11 is 0. The van der Waals surface area contributed by atoms with Gasteiger partial charge in [0.1, 0.15) is 12.4 Å². The molecule has 0 N–H and O–H groups in total. The van der Waals surface area contributed by atoms with Gasteiger partial charge in [0.15, 0.2) is 5.82 Å². The lowest BCUT2D eigenvalue weighted by molar-refractivity contribution is 0.160. The van der Waals surface area contributed by atoms with Crippen LogP contribution in [0.2, 0.25) is 0 Å². The van der Waals surface area contributed by atoms with Crippen molar-refractivity contribution in [2.75, 3.05) is 38.3 Å². The van der Waals surface area contributed by atoms with Gasteiger partial charge in [-0.25, -0.2) is 9.97 Å². The Bertz CT molecular complexity index is 458. The van der Waals surface area contributed by atoms with Gasteiger partial charge in [0.25, 0.3) is 0 Å². The van der Waals surface area contributed by atoms with Crippen molar-refractivity contribution >= 4 is 5.82 Å². The van der Waals surface area contributed by atoms with E-state index in [9.17, 15) is 0 Å². The van der Waals surface area contributed by atoms with E-state index in [1.165, 1.54) is 12.8 Å². The van der Waals surface area contributed by atoms with E-state index in [0.717, 1.165) is 43.6 Å². The number of aromatic nitrogens is 2. The molecule has 5 nitrogen and oxygen atoms in total. The van der Waals surface area contributed by atoms with Gasteiger partial charge in [-0.3, -0.25) is 0 Å². The maximum absolute atomic E-state index is 5.57. The molecule has 0 bridgehead atoms. The monoisotopic (exact) mass is 263 g/mol. The van der Waals surface area contributed by atoms with E-state index in [-0.39, 0.29) is 0 Å². The highest BCUT2D eigenvalue weighted by atomic mass is 16.5. The Kier molecular flexibility index (Phi) is 3.41. The quantitative estimate of drug-likeness (QED) is 0.828. The predicted octanol–water partition coefficient (Wildman–Crippen LogP) is 1.55. The standard InChI is InChI=1S/C14H21N3O2/c1-11-7-13(16-12(15-11)8-18-2)17-5-3-14(9-17)4-6-19-10-14/h7H,3-6,8-10H2,1-2H3/t14-/m1/s1. The summed E-state index contributed by atoms with van der Waals surface area (Å²) in [6, 6.07) is 2.06. The van der Waals surface area contributed by atoms with Gasteiger partial charge in [-0.15, -0.1) is 0 Å². The molecule has 0 radical (unpaired) electrons. The van der Waals surface area contributed by atoms with Crippen LogP contribution in [0.15, 0.2) is 6.07 Å². The smallest absolute Gasteiger partial charge is 0.156 e. The van der Waals surface area contributed by atoms with Crippen molar-refractivity contribution in [2.45, 2.75) is 26.4 Å². The maximum Gasteiger partial charge on any atom is 0.156 e. The number of ether oxygens (including phenoxy) is 2. The van der Waals surface area contributed by atoms with Crippen LogP contribution in [0, 0.1) is 12.3 Å². The van der Waals surface area contributed by atoms with Crippen LogP contribution in [-0.2, 0) is 16.1 Å². The molecule has 19 heavy (non-hydrogen) atoms. The summed E-state index contributed by atoms with van der Waals surface area (Å²) in [6.07, 6.45) is 2.38. The average molecular weight is 263 g/mol. The highest BCUT2D eigenvalue weighted by Crippen LogP contribution is 2.39. The molecule has 2 aliphatic heterocycles. The molecule has 2 fully saturated rings. The number of nitrogens with zero attached hydrogens (tertiary/aromatic N) is 3. The molecule has 0 saturated carbocycles. The summed E-state index contributed by atoms with van der Waals surface area (Å²) in [5.74, 6) is 1.80. The molecule has 3 heterocycles. The molecule has 1 aromatic rings. The fourth-order valence-corrected chi connectivity index (χ4v) is 3.07. The first-order chi connectivity index (χ1) is 9.21. The maximum atomic E-state index is 5.57. The first-order valence-electron chi connectivity index (χ1n) is 6.87. The van der Waals surface area contributed by atoms with Crippen molar-refractivity contribution in [3.63, 3.8) is 0 Å². The summed E-state index contributed by atoms with van der Waals surface area (Å²) in [5.41, 5.74) is 1.36. The highest BCUT2D eigenvalue weighted by molar-refractivity contribution is 5.41. The summed E-state index contributed by atoms with van der Waals surface area (Å²) in [7, 11) is 1.67. The van der Waals surface area contributed by atoms with E-state index < -0.39 is 0 Å². The van der Waals surface area contributed by atoms with Crippen LogP contribution in [-0.4, -0.2) is 43.4 Å². The van der Waals surface area contributed by atoms with Crippen molar-refractivity contribution in [1.29, 1.82) is 0 Å². The zero-order chi connectivity index (χ0) is 13.3. The van der Waals surface area contributed by atoms with E-state index in [2.05, 4.69) is 20.9 Å². The Morgan fingerprint density at radius 3 is 3.05 bits per heavy atom. The fraction of sp³-hybridized carbons (Fsp3) is 0.714. The van der Waals surface area contributed by atoms with Gasteiger partial charge < -0.3 is 14.4 Å². The second-order valence-electron chi connectivity index (χ2n) is 5.69.